The van der Waals surface area contributed by atoms with Gasteiger partial charge in [0.1, 0.15) is 6.10 Å². The normalized spacial score (nSPS) is 15.4. The van der Waals surface area contributed by atoms with Crippen LogP contribution >= 0.6 is 0 Å². The molecule has 0 fully saturated rings. The van der Waals surface area contributed by atoms with Crippen LogP contribution in [0.15, 0.2) is 48.5 Å². The molecule has 1 aliphatic carbocycles. The van der Waals surface area contributed by atoms with Crippen molar-refractivity contribution in [1.82, 2.24) is 0 Å². The van der Waals surface area contributed by atoms with Gasteiger partial charge >= 0.3 is 0 Å². The van der Waals surface area contributed by atoms with Crippen LogP contribution in [-0.2, 0) is 4.74 Å². The molecule has 0 amide bonds. The summed E-state index contributed by atoms with van der Waals surface area (Å²) in [6.07, 6.45) is 0.342. The lowest BCUT2D eigenvalue weighted by atomic mass is 10.1. The molecule has 0 spiro atoms. The molecule has 0 N–H and O–H groups in total. The van der Waals surface area contributed by atoms with Crippen LogP contribution in [-0.4, -0.2) is 6.10 Å². The Morgan fingerprint density at radius 3 is 1.74 bits per heavy atom. The highest BCUT2D eigenvalue weighted by Crippen LogP contribution is 2.45. The number of fused-ring (bicyclic) bond motifs is 3. The molecule has 1 atom stereocenters. The van der Waals surface area contributed by atoms with E-state index in [-0.39, 0.29) is 12.2 Å². The maximum Gasteiger partial charge on any atom is 0.109 e. The molecule has 1 heteroatoms. The van der Waals surface area contributed by atoms with E-state index in [2.05, 4.69) is 69.3 Å². The number of hydrogen-bond acceptors (Lipinski definition) is 1. The van der Waals surface area contributed by atoms with Crippen LogP contribution in [0.2, 0.25) is 0 Å². The van der Waals surface area contributed by atoms with E-state index in [4.69, 9.17) is 4.74 Å². The van der Waals surface area contributed by atoms with Gasteiger partial charge in [-0.1, -0.05) is 62.4 Å². The third-order valence-electron chi connectivity index (χ3n) is 4.07. The van der Waals surface area contributed by atoms with E-state index in [0.717, 1.165) is 0 Å². The monoisotopic (exact) mass is 252 g/mol. The summed E-state index contributed by atoms with van der Waals surface area (Å²) in [5, 5.41) is 0. The minimum atomic E-state index is 0.0878. The van der Waals surface area contributed by atoms with Gasteiger partial charge in [-0.3, -0.25) is 0 Å². The van der Waals surface area contributed by atoms with Gasteiger partial charge in [0, 0.05) is 0 Å². The molecule has 0 saturated heterocycles. The summed E-state index contributed by atoms with van der Waals surface area (Å²) >= 11 is 0. The predicted molar refractivity (Wildman–Crippen MR) is 79.1 cm³/mol. The molecule has 19 heavy (non-hydrogen) atoms. The van der Waals surface area contributed by atoms with Crippen LogP contribution in [0.5, 0.6) is 0 Å². The summed E-state index contributed by atoms with van der Waals surface area (Å²) in [5.41, 5.74) is 5.24. The Kier molecular flexibility index (Phi) is 3.16. The molecule has 0 aliphatic heterocycles. The Balaban J connectivity index is 2.05. The average Bonchev–Trinajstić information content (AvgIpc) is 2.74. The van der Waals surface area contributed by atoms with Gasteiger partial charge in [0.25, 0.3) is 0 Å². The van der Waals surface area contributed by atoms with Gasteiger partial charge < -0.3 is 4.74 Å². The van der Waals surface area contributed by atoms with E-state index in [1.807, 2.05) is 0 Å². The maximum absolute atomic E-state index is 6.33. The Bertz CT molecular complexity index is 540. The number of rotatable bonds is 3. The first-order chi connectivity index (χ1) is 9.18. The topological polar surface area (TPSA) is 9.23 Å². The van der Waals surface area contributed by atoms with Crippen molar-refractivity contribution in [3.63, 3.8) is 0 Å². The lowest BCUT2D eigenvalue weighted by molar-refractivity contribution is -0.00440. The van der Waals surface area contributed by atoms with Crippen LogP contribution < -0.4 is 0 Å². The highest BCUT2D eigenvalue weighted by Gasteiger charge is 2.30. The summed E-state index contributed by atoms with van der Waals surface area (Å²) in [6, 6.07) is 17.2. The van der Waals surface area contributed by atoms with Gasteiger partial charge in [0.05, 0.1) is 6.10 Å². The van der Waals surface area contributed by atoms with Crippen molar-refractivity contribution in [3.8, 4) is 11.1 Å². The van der Waals surface area contributed by atoms with Gasteiger partial charge in [0.15, 0.2) is 0 Å². The van der Waals surface area contributed by atoms with Gasteiger partial charge in [-0.05, 0) is 35.1 Å². The molecule has 0 unspecified atom stereocenters. The number of benzene rings is 2. The molecule has 1 aliphatic rings. The smallest absolute Gasteiger partial charge is 0.109 e. The van der Waals surface area contributed by atoms with Crippen LogP contribution in [0, 0.1) is 5.92 Å². The lowest BCUT2D eigenvalue weighted by Crippen LogP contribution is -2.18. The van der Waals surface area contributed by atoms with Crippen LogP contribution in [0.4, 0.5) is 0 Å². The SMILES string of the molecule is CC(C)[C@@H](C)OC1c2ccccc2-c2ccccc21. The molecule has 98 valence electrons. The van der Waals surface area contributed by atoms with Gasteiger partial charge in [0.2, 0.25) is 0 Å². The summed E-state index contributed by atoms with van der Waals surface area (Å²) < 4.78 is 6.33. The Morgan fingerprint density at radius 1 is 0.789 bits per heavy atom. The van der Waals surface area contributed by atoms with Crippen LogP contribution in [0.1, 0.15) is 38.0 Å². The van der Waals surface area contributed by atoms with Crippen molar-refractivity contribution in [2.24, 2.45) is 5.92 Å². The molecule has 2 aromatic carbocycles. The zero-order valence-electron chi connectivity index (χ0n) is 11.8. The predicted octanol–water partition coefficient (Wildman–Crippen LogP) is 4.82. The van der Waals surface area contributed by atoms with Gasteiger partial charge in [-0.15, -0.1) is 0 Å². The minimum Gasteiger partial charge on any atom is -0.366 e. The third kappa shape index (κ3) is 2.08. The molecular weight excluding hydrogens is 232 g/mol. The van der Waals surface area contributed by atoms with E-state index >= 15 is 0 Å². The van der Waals surface area contributed by atoms with Crippen molar-refractivity contribution < 1.29 is 4.74 Å². The third-order valence-corrected chi connectivity index (χ3v) is 4.07. The van der Waals surface area contributed by atoms with Crippen molar-refractivity contribution >= 4 is 0 Å². The number of ether oxygens (including phenoxy) is 1. The molecule has 0 bridgehead atoms. The lowest BCUT2D eigenvalue weighted by Gasteiger charge is -2.23. The highest BCUT2D eigenvalue weighted by molar-refractivity contribution is 5.78. The fourth-order valence-electron chi connectivity index (χ4n) is 2.63. The molecule has 3 rings (SSSR count). The van der Waals surface area contributed by atoms with E-state index in [0.29, 0.717) is 5.92 Å². The molecule has 0 radical (unpaired) electrons. The molecule has 1 nitrogen and oxygen atoms in total. The maximum atomic E-state index is 6.33. The van der Waals surface area contributed by atoms with Gasteiger partial charge in [-0.2, -0.15) is 0 Å². The fraction of sp³-hybridized carbons (Fsp3) is 0.333. The summed E-state index contributed by atoms with van der Waals surface area (Å²) in [4.78, 5) is 0. The summed E-state index contributed by atoms with van der Waals surface area (Å²) in [5.74, 6) is 0.528. The average molecular weight is 252 g/mol. The standard InChI is InChI=1S/C18H20O/c1-12(2)13(3)19-18-16-10-6-4-8-14(16)15-9-5-7-11-17(15)18/h4-13,18H,1-3H3/t13-/m1/s1. The van der Waals surface area contributed by atoms with Crippen LogP contribution in [0.25, 0.3) is 11.1 Å². The first kappa shape index (κ1) is 12.4. The van der Waals surface area contributed by atoms with E-state index in [9.17, 15) is 0 Å². The second-order valence-corrected chi connectivity index (χ2v) is 5.64. The molecular formula is C18H20O. The second-order valence-electron chi connectivity index (χ2n) is 5.64. The molecule has 0 heterocycles. The van der Waals surface area contributed by atoms with E-state index in [1.54, 1.807) is 0 Å². The zero-order valence-corrected chi connectivity index (χ0v) is 11.8. The second kappa shape index (κ2) is 4.82. The van der Waals surface area contributed by atoms with Crippen LogP contribution in [0.3, 0.4) is 0 Å². The summed E-state index contributed by atoms with van der Waals surface area (Å²) in [6.45, 7) is 6.57. The van der Waals surface area contributed by atoms with Gasteiger partial charge in [-0.25, -0.2) is 0 Å². The van der Waals surface area contributed by atoms with E-state index < -0.39 is 0 Å². The summed E-state index contributed by atoms with van der Waals surface area (Å²) in [7, 11) is 0. The van der Waals surface area contributed by atoms with Crippen molar-refractivity contribution in [2.75, 3.05) is 0 Å². The Hall–Kier alpha value is -1.60. The van der Waals surface area contributed by atoms with Crippen molar-refractivity contribution in [3.05, 3.63) is 59.7 Å². The Labute approximate surface area is 115 Å². The fourth-order valence-corrected chi connectivity index (χ4v) is 2.63. The minimum absolute atomic E-state index is 0.0878. The first-order valence-corrected chi connectivity index (χ1v) is 7.02. The number of hydrogen-bond donors (Lipinski definition) is 0. The first-order valence-electron chi connectivity index (χ1n) is 7.02. The van der Waals surface area contributed by atoms with Crippen molar-refractivity contribution in [2.45, 2.75) is 33.0 Å². The molecule has 0 saturated carbocycles. The molecule has 0 aromatic heterocycles. The zero-order chi connectivity index (χ0) is 13.4. The van der Waals surface area contributed by atoms with Crippen molar-refractivity contribution in [1.29, 1.82) is 0 Å². The Morgan fingerprint density at radius 2 is 1.26 bits per heavy atom. The molecule has 2 aromatic rings. The highest BCUT2D eigenvalue weighted by atomic mass is 16.5. The largest absolute Gasteiger partial charge is 0.366 e. The van der Waals surface area contributed by atoms with E-state index in [1.165, 1.54) is 22.3 Å². The quantitative estimate of drug-likeness (QED) is 0.761.